The topological polar surface area (TPSA) is 68.3 Å². The van der Waals surface area contributed by atoms with Crippen molar-refractivity contribution in [2.75, 3.05) is 45.9 Å². The number of likely N-dealkylation sites (N-methyl/N-ethyl adjacent to an activating group) is 1. The highest BCUT2D eigenvalue weighted by Gasteiger charge is 2.17. The predicted molar refractivity (Wildman–Crippen MR) is 227 cm³/mol. The molecule has 0 amide bonds. The summed E-state index contributed by atoms with van der Waals surface area (Å²) in [6.45, 7) is 21.4. The zero-order chi connectivity index (χ0) is 39.2. The summed E-state index contributed by atoms with van der Waals surface area (Å²) in [7, 11) is 0. The van der Waals surface area contributed by atoms with E-state index in [2.05, 4.69) is 58.3 Å². The van der Waals surface area contributed by atoms with Crippen molar-refractivity contribution in [1.29, 1.82) is 0 Å². The standard InChI is InChI=1S/C46H92N2O5/c1-8-13-16-18-19-20-21-22-25-29-34-44(53-46(50)51-40-39-48(42(6)7)38-37-47(11-4)12-5)35-30-26-23-24-27-31-36-45(49)52-41-43(32-15-10-3)33-28-17-14-9-2/h42-44H,8-41H2,1-7H3. The molecule has 0 N–H and O–H groups in total. The molecule has 0 spiro atoms. The van der Waals surface area contributed by atoms with Crippen LogP contribution in [0.5, 0.6) is 0 Å². The molecule has 53 heavy (non-hydrogen) atoms. The molecule has 0 aliphatic carbocycles. The van der Waals surface area contributed by atoms with Gasteiger partial charge in [0.05, 0.1) is 6.61 Å². The molecular formula is C46H92N2O5. The summed E-state index contributed by atoms with van der Waals surface area (Å²) in [6, 6.07) is 0.404. The third-order valence-corrected chi connectivity index (χ3v) is 11.1. The van der Waals surface area contributed by atoms with Gasteiger partial charge >= 0.3 is 12.1 Å². The monoisotopic (exact) mass is 753 g/mol. The zero-order valence-corrected chi connectivity index (χ0v) is 36.7. The van der Waals surface area contributed by atoms with Gasteiger partial charge in [0.25, 0.3) is 0 Å². The smallest absolute Gasteiger partial charge is 0.465 e. The van der Waals surface area contributed by atoms with Crippen molar-refractivity contribution in [3.8, 4) is 0 Å². The average molecular weight is 753 g/mol. The Bertz CT molecular complexity index is 790. The number of ether oxygens (including phenoxy) is 3. The summed E-state index contributed by atoms with van der Waals surface area (Å²) >= 11 is 0. The first-order chi connectivity index (χ1) is 25.8. The molecule has 0 aromatic heterocycles. The van der Waals surface area contributed by atoms with E-state index in [0.717, 1.165) is 90.5 Å². The Labute approximate surface area is 330 Å². The van der Waals surface area contributed by atoms with Crippen LogP contribution in [0.2, 0.25) is 0 Å². The molecule has 0 rings (SSSR count). The molecule has 0 radical (unpaired) electrons. The molecule has 0 saturated heterocycles. The quantitative estimate of drug-likeness (QED) is 0.0456. The van der Waals surface area contributed by atoms with E-state index in [1.807, 2.05) is 0 Å². The Balaban J connectivity index is 4.53. The number of hydrogen-bond donors (Lipinski definition) is 0. The third kappa shape index (κ3) is 33.7. The van der Waals surface area contributed by atoms with Crippen molar-refractivity contribution in [3.05, 3.63) is 0 Å². The fourth-order valence-electron chi connectivity index (χ4n) is 7.27. The van der Waals surface area contributed by atoms with Crippen LogP contribution in [0.25, 0.3) is 0 Å². The molecule has 0 bridgehead atoms. The molecule has 2 atom stereocenters. The molecule has 0 aliphatic rings. The van der Waals surface area contributed by atoms with Gasteiger partial charge in [0.2, 0.25) is 0 Å². The molecule has 2 unspecified atom stereocenters. The van der Waals surface area contributed by atoms with E-state index in [1.165, 1.54) is 109 Å². The van der Waals surface area contributed by atoms with Gasteiger partial charge in [-0.3, -0.25) is 9.69 Å². The van der Waals surface area contributed by atoms with Crippen molar-refractivity contribution < 1.29 is 23.8 Å². The second kappa shape index (κ2) is 38.9. The van der Waals surface area contributed by atoms with Crippen LogP contribution in [-0.4, -0.2) is 80.0 Å². The summed E-state index contributed by atoms with van der Waals surface area (Å²) in [5.41, 5.74) is 0. The lowest BCUT2D eigenvalue weighted by Crippen LogP contribution is -2.40. The highest BCUT2D eigenvalue weighted by Crippen LogP contribution is 2.20. The largest absolute Gasteiger partial charge is 0.508 e. The molecule has 0 aromatic carbocycles. The van der Waals surface area contributed by atoms with Crippen LogP contribution in [0.4, 0.5) is 4.79 Å². The van der Waals surface area contributed by atoms with E-state index in [0.29, 0.717) is 31.6 Å². The molecule has 0 saturated carbocycles. The van der Waals surface area contributed by atoms with E-state index in [1.54, 1.807) is 0 Å². The Kier molecular flexibility index (Phi) is 37.9. The van der Waals surface area contributed by atoms with Gasteiger partial charge in [0.1, 0.15) is 12.7 Å². The molecule has 0 aliphatic heterocycles. The minimum Gasteiger partial charge on any atom is -0.465 e. The number of unbranched alkanes of at least 4 members (excludes halogenated alkanes) is 18. The van der Waals surface area contributed by atoms with Crippen LogP contribution in [-0.2, 0) is 19.0 Å². The van der Waals surface area contributed by atoms with Gasteiger partial charge in [-0.2, -0.15) is 0 Å². The van der Waals surface area contributed by atoms with Gasteiger partial charge in [0, 0.05) is 32.1 Å². The Morgan fingerprint density at radius 2 is 0.981 bits per heavy atom. The van der Waals surface area contributed by atoms with Crippen LogP contribution in [0, 0.1) is 5.92 Å². The van der Waals surface area contributed by atoms with E-state index in [9.17, 15) is 9.59 Å². The fraction of sp³-hybridized carbons (Fsp3) is 0.957. The normalized spacial score (nSPS) is 12.9. The lowest BCUT2D eigenvalue weighted by Gasteiger charge is -2.29. The maximum absolute atomic E-state index is 12.8. The second-order valence-electron chi connectivity index (χ2n) is 16.2. The summed E-state index contributed by atoms with van der Waals surface area (Å²) in [5, 5.41) is 0. The van der Waals surface area contributed by atoms with Gasteiger partial charge < -0.3 is 19.1 Å². The molecular weight excluding hydrogens is 661 g/mol. The van der Waals surface area contributed by atoms with Gasteiger partial charge in [-0.15, -0.1) is 0 Å². The van der Waals surface area contributed by atoms with Gasteiger partial charge in [-0.1, -0.05) is 157 Å². The number of hydrogen-bond acceptors (Lipinski definition) is 7. The molecule has 7 nitrogen and oxygen atoms in total. The zero-order valence-electron chi connectivity index (χ0n) is 36.7. The Hall–Kier alpha value is -1.34. The lowest BCUT2D eigenvalue weighted by molar-refractivity contribution is -0.145. The average Bonchev–Trinajstić information content (AvgIpc) is 3.15. The molecule has 0 heterocycles. The van der Waals surface area contributed by atoms with E-state index < -0.39 is 6.16 Å². The molecule has 0 aromatic rings. The van der Waals surface area contributed by atoms with Crippen LogP contribution >= 0.6 is 0 Å². The molecule has 316 valence electrons. The molecule has 7 heteroatoms. The van der Waals surface area contributed by atoms with Crippen LogP contribution in [0.3, 0.4) is 0 Å². The van der Waals surface area contributed by atoms with E-state index in [4.69, 9.17) is 14.2 Å². The summed E-state index contributed by atoms with van der Waals surface area (Å²) in [4.78, 5) is 30.0. The van der Waals surface area contributed by atoms with Crippen molar-refractivity contribution in [2.24, 2.45) is 5.92 Å². The minimum atomic E-state index is -0.505. The first-order valence-electron chi connectivity index (χ1n) is 23.3. The SMILES string of the molecule is CCCCCCCCCCCCC(CCCCCCCCC(=O)OCC(CCCC)CCCCCC)OC(=O)OCCN(CCN(CC)CC)C(C)C. The van der Waals surface area contributed by atoms with Crippen molar-refractivity contribution in [1.82, 2.24) is 9.80 Å². The lowest BCUT2D eigenvalue weighted by atomic mass is 9.96. The second-order valence-corrected chi connectivity index (χ2v) is 16.2. The Morgan fingerprint density at radius 1 is 0.509 bits per heavy atom. The van der Waals surface area contributed by atoms with Crippen LogP contribution in [0.1, 0.15) is 222 Å². The minimum absolute atomic E-state index is 0.0181. The van der Waals surface area contributed by atoms with Crippen LogP contribution in [0.15, 0.2) is 0 Å². The van der Waals surface area contributed by atoms with Gasteiger partial charge in [-0.05, 0) is 77.8 Å². The maximum Gasteiger partial charge on any atom is 0.508 e. The van der Waals surface area contributed by atoms with Gasteiger partial charge in [0.15, 0.2) is 0 Å². The predicted octanol–water partition coefficient (Wildman–Crippen LogP) is 13.3. The number of esters is 1. The van der Waals surface area contributed by atoms with E-state index >= 15 is 0 Å². The highest BCUT2D eigenvalue weighted by molar-refractivity contribution is 5.69. The van der Waals surface area contributed by atoms with Gasteiger partial charge in [-0.25, -0.2) is 4.79 Å². The fourth-order valence-corrected chi connectivity index (χ4v) is 7.27. The summed E-state index contributed by atoms with van der Waals surface area (Å²) in [5.74, 6) is 0.508. The number of carbonyl (C=O) groups excluding carboxylic acids is 2. The highest BCUT2D eigenvalue weighted by atomic mass is 16.7. The van der Waals surface area contributed by atoms with Crippen molar-refractivity contribution >= 4 is 12.1 Å². The third-order valence-electron chi connectivity index (χ3n) is 11.1. The maximum atomic E-state index is 12.8. The molecule has 0 fully saturated rings. The van der Waals surface area contributed by atoms with E-state index in [-0.39, 0.29) is 12.1 Å². The van der Waals surface area contributed by atoms with Crippen LogP contribution < -0.4 is 0 Å². The summed E-state index contributed by atoms with van der Waals surface area (Å²) in [6.07, 6.45) is 31.2. The Morgan fingerprint density at radius 3 is 1.51 bits per heavy atom. The number of rotatable bonds is 40. The summed E-state index contributed by atoms with van der Waals surface area (Å²) < 4.78 is 17.3. The van der Waals surface area contributed by atoms with Crippen molar-refractivity contribution in [3.63, 3.8) is 0 Å². The first kappa shape index (κ1) is 51.7. The first-order valence-corrected chi connectivity index (χ1v) is 23.3. The van der Waals surface area contributed by atoms with Crippen molar-refractivity contribution in [2.45, 2.75) is 234 Å². The number of carbonyl (C=O) groups is 2. The number of nitrogens with zero attached hydrogens (tertiary/aromatic N) is 2.